The molecule has 1 N–H and O–H groups in total. The third-order valence-electron chi connectivity index (χ3n) is 4.21. The van der Waals surface area contributed by atoms with E-state index in [0.29, 0.717) is 27.3 Å². The maximum Gasteiger partial charge on any atom is 0.300 e. The minimum atomic E-state index is -0.325. The van der Waals surface area contributed by atoms with E-state index in [4.69, 9.17) is 16.3 Å². The maximum absolute atomic E-state index is 12.9. The summed E-state index contributed by atoms with van der Waals surface area (Å²) in [5.74, 6) is 0.526. The Bertz CT molecular complexity index is 1290. The molecule has 2 aromatic heterocycles. The first-order valence-corrected chi connectivity index (χ1v) is 10.2. The molecule has 0 saturated carbocycles. The Hall–Kier alpha value is -3.30. The van der Waals surface area contributed by atoms with Crippen LogP contribution in [0, 0.1) is 0 Å². The van der Waals surface area contributed by atoms with Crippen LogP contribution in [0.25, 0.3) is 11.3 Å². The van der Waals surface area contributed by atoms with E-state index in [1.165, 1.54) is 16.3 Å². The average molecular weight is 442 g/mol. The molecule has 8 nitrogen and oxygen atoms in total. The van der Waals surface area contributed by atoms with Gasteiger partial charge in [-0.25, -0.2) is 0 Å². The SMILES string of the molecule is COc1cccc(-n2ccn3c(SCC(=O)Nc4cccc(Cl)c4)nnc3c2=O)c1. The number of ether oxygens (including phenoxy) is 1. The topological polar surface area (TPSA) is 90.5 Å². The molecular formula is C20H16ClN5O3S. The first-order valence-electron chi connectivity index (χ1n) is 8.84. The van der Waals surface area contributed by atoms with E-state index in [2.05, 4.69) is 15.5 Å². The molecule has 152 valence electrons. The van der Waals surface area contributed by atoms with Crippen LogP contribution >= 0.6 is 23.4 Å². The average Bonchev–Trinajstić information content (AvgIpc) is 3.16. The second kappa shape index (κ2) is 8.60. The molecule has 0 aliphatic carbocycles. The Morgan fingerprint density at radius 3 is 2.80 bits per heavy atom. The number of methoxy groups -OCH3 is 1. The number of rotatable bonds is 6. The van der Waals surface area contributed by atoms with Crippen LogP contribution in [0.1, 0.15) is 0 Å². The molecule has 1 amide bonds. The predicted octanol–water partition coefficient (Wildman–Crippen LogP) is 3.27. The number of nitrogens with one attached hydrogen (secondary N) is 1. The standard InChI is InChI=1S/C20H16ClN5O3S/c1-29-16-7-3-6-15(11-16)25-8-9-26-18(19(25)28)23-24-20(26)30-12-17(27)22-14-5-2-4-13(21)10-14/h2-11H,12H2,1H3,(H,22,27). The summed E-state index contributed by atoms with van der Waals surface area (Å²) in [6.07, 6.45) is 3.32. The van der Waals surface area contributed by atoms with Crippen LogP contribution in [0.15, 0.2) is 70.9 Å². The van der Waals surface area contributed by atoms with Crippen LogP contribution in [0.2, 0.25) is 5.02 Å². The number of benzene rings is 2. The second-order valence-corrected chi connectivity index (χ2v) is 7.58. The normalized spacial score (nSPS) is 10.9. The minimum absolute atomic E-state index is 0.103. The van der Waals surface area contributed by atoms with E-state index in [9.17, 15) is 9.59 Å². The zero-order valence-corrected chi connectivity index (χ0v) is 17.4. The van der Waals surface area contributed by atoms with Gasteiger partial charge in [0.1, 0.15) is 5.75 Å². The number of aromatic nitrogens is 4. The number of thioether (sulfide) groups is 1. The largest absolute Gasteiger partial charge is 0.497 e. The fraction of sp³-hybridized carbons (Fsp3) is 0.100. The Kier molecular flexibility index (Phi) is 5.73. The molecule has 0 atom stereocenters. The summed E-state index contributed by atoms with van der Waals surface area (Å²) < 4.78 is 8.25. The van der Waals surface area contributed by atoms with Crippen molar-refractivity contribution in [1.29, 1.82) is 0 Å². The molecule has 0 unspecified atom stereocenters. The summed E-state index contributed by atoms with van der Waals surface area (Å²) in [7, 11) is 1.57. The van der Waals surface area contributed by atoms with Crippen molar-refractivity contribution in [2.45, 2.75) is 5.16 Å². The molecule has 0 aliphatic heterocycles. The lowest BCUT2D eigenvalue weighted by molar-refractivity contribution is -0.113. The van der Waals surface area contributed by atoms with Crippen LogP contribution < -0.4 is 15.6 Å². The number of nitrogens with zero attached hydrogens (tertiary/aromatic N) is 4. The molecule has 4 rings (SSSR count). The van der Waals surface area contributed by atoms with Gasteiger partial charge in [-0.15, -0.1) is 10.2 Å². The van der Waals surface area contributed by atoms with Gasteiger partial charge < -0.3 is 10.1 Å². The Morgan fingerprint density at radius 2 is 2.00 bits per heavy atom. The lowest BCUT2D eigenvalue weighted by Crippen LogP contribution is -2.20. The van der Waals surface area contributed by atoms with Crippen molar-refractivity contribution < 1.29 is 9.53 Å². The monoisotopic (exact) mass is 441 g/mol. The van der Waals surface area contributed by atoms with Gasteiger partial charge in [0.25, 0.3) is 0 Å². The lowest BCUT2D eigenvalue weighted by Gasteiger charge is -2.08. The van der Waals surface area contributed by atoms with Gasteiger partial charge in [-0.2, -0.15) is 0 Å². The number of hydrogen-bond acceptors (Lipinski definition) is 6. The molecule has 30 heavy (non-hydrogen) atoms. The van der Waals surface area contributed by atoms with Crippen LogP contribution in [0.4, 0.5) is 5.69 Å². The van der Waals surface area contributed by atoms with Crippen molar-refractivity contribution >= 4 is 40.6 Å². The van der Waals surface area contributed by atoms with Crippen LogP contribution in [-0.4, -0.2) is 37.9 Å². The van der Waals surface area contributed by atoms with E-state index in [1.807, 2.05) is 0 Å². The molecule has 2 aromatic carbocycles. The van der Waals surface area contributed by atoms with Crippen molar-refractivity contribution in [3.63, 3.8) is 0 Å². The molecule has 10 heteroatoms. The molecular weight excluding hydrogens is 426 g/mol. The first-order chi connectivity index (χ1) is 14.5. The van der Waals surface area contributed by atoms with Gasteiger partial charge in [0.15, 0.2) is 5.16 Å². The van der Waals surface area contributed by atoms with Crippen LogP contribution in [-0.2, 0) is 4.79 Å². The van der Waals surface area contributed by atoms with Gasteiger partial charge >= 0.3 is 5.56 Å². The van der Waals surface area contributed by atoms with E-state index < -0.39 is 0 Å². The number of fused-ring (bicyclic) bond motifs is 1. The highest BCUT2D eigenvalue weighted by Crippen LogP contribution is 2.19. The molecule has 2 heterocycles. The third kappa shape index (κ3) is 4.17. The van der Waals surface area contributed by atoms with Gasteiger partial charge in [0.2, 0.25) is 11.6 Å². The minimum Gasteiger partial charge on any atom is -0.497 e. The second-order valence-electron chi connectivity index (χ2n) is 6.20. The molecule has 0 bridgehead atoms. The highest BCUT2D eigenvalue weighted by Gasteiger charge is 2.14. The van der Waals surface area contributed by atoms with Gasteiger partial charge in [0.05, 0.1) is 18.6 Å². The number of carbonyl (C=O) groups excluding carboxylic acids is 1. The van der Waals surface area contributed by atoms with Crippen molar-refractivity contribution in [2.24, 2.45) is 0 Å². The van der Waals surface area contributed by atoms with Crippen molar-refractivity contribution in [1.82, 2.24) is 19.2 Å². The summed E-state index contributed by atoms with van der Waals surface area (Å²) in [5.41, 5.74) is 1.10. The quantitative estimate of drug-likeness (QED) is 0.462. The fourth-order valence-corrected chi connectivity index (χ4v) is 3.73. The maximum atomic E-state index is 12.9. The van der Waals surface area contributed by atoms with Gasteiger partial charge in [-0.3, -0.25) is 18.6 Å². The van der Waals surface area contributed by atoms with Crippen LogP contribution in [0.3, 0.4) is 0 Å². The Labute approximate surface area is 180 Å². The van der Waals surface area contributed by atoms with E-state index in [1.54, 1.807) is 72.4 Å². The fourth-order valence-electron chi connectivity index (χ4n) is 2.82. The Balaban J connectivity index is 1.53. The van der Waals surface area contributed by atoms with Crippen molar-refractivity contribution in [3.8, 4) is 11.4 Å². The van der Waals surface area contributed by atoms with Gasteiger partial charge in [0, 0.05) is 29.2 Å². The number of hydrogen-bond donors (Lipinski definition) is 1. The summed E-state index contributed by atoms with van der Waals surface area (Å²) >= 11 is 7.10. The summed E-state index contributed by atoms with van der Waals surface area (Å²) in [5, 5.41) is 11.8. The van der Waals surface area contributed by atoms with E-state index in [-0.39, 0.29) is 22.9 Å². The zero-order chi connectivity index (χ0) is 21.1. The molecule has 0 radical (unpaired) electrons. The van der Waals surface area contributed by atoms with Gasteiger partial charge in [-0.1, -0.05) is 35.5 Å². The first kappa shape index (κ1) is 20.0. The molecule has 0 spiro atoms. The summed E-state index contributed by atoms with van der Waals surface area (Å²) in [6, 6.07) is 14.1. The molecule has 0 fully saturated rings. The van der Waals surface area contributed by atoms with Crippen molar-refractivity contribution in [2.75, 3.05) is 18.2 Å². The highest BCUT2D eigenvalue weighted by atomic mass is 35.5. The molecule has 0 saturated heterocycles. The van der Waals surface area contributed by atoms with Crippen molar-refractivity contribution in [3.05, 3.63) is 76.3 Å². The Morgan fingerprint density at radius 1 is 1.17 bits per heavy atom. The molecule has 0 aliphatic rings. The molecule has 4 aromatic rings. The highest BCUT2D eigenvalue weighted by molar-refractivity contribution is 7.99. The summed E-state index contributed by atoms with van der Waals surface area (Å²) in [4.78, 5) is 25.1. The zero-order valence-electron chi connectivity index (χ0n) is 15.8. The van der Waals surface area contributed by atoms with E-state index >= 15 is 0 Å². The van der Waals surface area contributed by atoms with E-state index in [0.717, 1.165) is 0 Å². The predicted molar refractivity (Wildman–Crippen MR) is 116 cm³/mol. The third-order valence-corrected chi connectivity index (χ3v) is 5.39. The van der Waals surface area contributed by atoms with Crippen LogP contribution in [0.5, 0.6) is 5.75 Å². The summed E-state index contributed by atoms with van der Waals surface area (Å²) in [6.45, 7) is 0. The lowest BCUT2D eigenvalue weighted by atomic mass is 10.3. The number of amides is 1. The van der Waals surface area contributed by atoms with Gasteiger partial charge in [-0.05, 0) is 30.3 Å². The number of carbonyl (C=O) groups is 1. The smallest absolute Gasteiger partial charge is 0.300 e. The number of halogens is 1. The number of anilines is 1.